The predicted octanol–water partition coefficient (Wildman–Crippen LogP) is 6.53. The molecule has 0 fully saturated rings. The van der Waals surface area contributed by atoms with Crippen LogP contribution in [-0.4, -0.2) is 47.8 Å². The van der Waals surface area contributed by atoms with Gasteiger partial charge < -0.3 is 51.3 Å². The van der Waals surface area contributed by atoms with E-state index in [1.807, 2.05) is 72.6 Å². The van der Waals surface area contributed by atoms with Crippen LogP contribution in [0.3, 0.4) is 0 Å². The quantitative estimate of drug-likeness (QED) is 0.209. The maximum absolute atomic E-state index is 3.83. The van der Waals surface area contributed by atoms with E-state index in [1.165, 1.54) is 10.8 Å². The Hall–Kier alpha value is -3.30. The fraction of sp³-hybridized carbons (Fsp3) is 0.118. The van der Waals surface area contributed by atoms with Gasteiger partial charge in [-0.3, -0.25) is 0 Å². The minimum absolute atomic E-state index is 0. The number of hydrogen-bond donors (Lipinski definition) is 0. The van der Waals surface area contributed by atoms with E-state index in [0.29, 0.717) is 0 Å². The first-order valence-electron chi connectivity index (χ1n) is 14.0. The molecule has 4 aliphatic rings. The van der Waals surface area contributed by atoms with Gasteiger partial charge in [0.25, 0.3) is 0 Å². The summed E-state index contributed by atoms with van der Waals surface area (Å²) < 4.78 is 0. The maximum Gasteiger partial charge on any atom is 4.00 e. The van der Waals surface area contributed by atoms with Crippen molar-refractivity contribution < 1.29 is 42.1 Å². The van der Waals surface area contributed by atoms with Gasteiger partial charge >= 0.3 is 42.1 Å². The standard InChI is InChI=1S/C34H29N8P.2Pt/c1-35-9-13-39(22-35)26-5-7-31-32-8-6-27(40-14-10-36(2)23-40)21-34(32)43(33(31)20-26)30-18-28(41-15-11-37(3)24-41)17-29(19-30)42-16-12-38(4)25-42;;/h5-17,22-25H,1-4H3;;/q-8;2*+4. The van der Waals surface area contributed by atoms with Crippen LogP contribution in [0.1, 0.15) is 0 Å². The molecule has 8 rings (SSSR count). The van der Waals surface area contributed by atoms with Gasteiger partial charge in [-0.1, -0.05) is 0 Å². The van der Waals surface area contributed by atoms with Crippen LogP contribution >= 0.6 is 7.53 Å². The maximum atomic E-state index is 3.83. The zero-order chi connectivity index (χ0) is 29.2. The van der Waals surface area contributed by atoms with Crippen LogP contribution in [0.4, 0.5) is 22.7 Å². The molecule has 0 amide bonds. The Labute approximate surface area is 295 Å². The first-order chi connectivity index (χ1) is 20.9. The van der Waals surface area contributed by atoms with Gasteiger partial charge in [0.1, 0.15) is 0 Å². The molecule has 5 heterocycles. The number of hydrogen-bond acceptors (Lipinski definition) is 8. The van der Waals surface area contributed by atoms with Crippen molar-refractivity contribution in [2.75, 3.05) is 47.8 Å². The average Bonchev–Trinajstić information content (AvgIpc) is 3.84. The Morgan fingerprint density at radius 2 is 0.822 bits per heavy atom. The Kier molecular flexibility index (Phi) is 8.78. The summed E-state index contributed by atoms with van der Waals surface area (Å²) in [7, 11) is 7.05. The van der Waals surface area contributed by atoms with Crippen molar-refractivity contribution in [3.05, 3.63) is 131 Å². The normalized spacial score (nSPS) is 17.2. The van der Waals surface area contributed by atoms with Crippen LogP contribution in [0.5, 0.6) is 0 Å². The van der Waals surface area contributed by atoms with Gasteiger partial charge in [0.2, 0.25) is 0 Å². The summed E-state index contributed by atoms with van der Waals surface area (Å²) in [5, 5.41) is 5.72. The van der Waals surface area contributed by atoms with Gasteiger partial charge in [-0.05, 0) is 77.8 Å². The zero-order valence-electron chi connectivity index (χ0n) is 25.0. The van der Waals surface area contributed by atoms with Gasteiger partial charge in [0.05, 0.1) is 0 Å². The third kappa shape index (κ3) is 5.78. The van der Waals surface area contributed by atoms with Crippen LogP contribution in [0, 0.1) is 50.9 Å². The first kappa shape index (κ1) is 31.7. The Morgan fingerprint density at radius 1 is 0.467 bits per heavy atom. The molecule has 4 aromatic rings. The molecule has 0 unspecified atom stereocenters. The van der Waals surface area contributed by atoms with E-state index in [4.69, 9.17) is 0 Å². The molecule has 0 N–H and O–H groups in total. The Morgan fingerprint density at radius 3 is 1.16 bits per heavy atom. The van der Waals surface area contributed by atoms with Crippen molar-refractivity contribution >= 4 is 51.3 Å². The van der Waals surface area contributed by atoms with Crippen LogP contribution in [0.15, 0.2) is 79.9 Å². The van der Waals surface area contributed by atoms with Crippen LogP contribution in [0.25, 0.3) is 26.3 Å². The van der Waals surface area contributed by atoms with E-state index >= 15 is 0 Å². The summed E-state index contributed by atoms with van der Waals surface area (Å²) >= 11 is 0. The van der Waals surface area contributed by atoms with E-state index in [1.54, 1.807) is 0 Å². The van der Waals surface area contributed by atoms with E-state index in [0.717, 1.165) is 38.3 Å². The molecule has 11 heteroatoms. The number of benzene rings is 3. The molecule has 230 valence electrons. The molecule has 0 saturated carbocycles. The second kappa shape index (κ2) is 12.5. The molecule has 0 atom stereocenters. The summed E-state index contributed by atoms with van der Waals surface area (Å²) in [5.41, 5.74) is 3.92. The van der Waals surface area contributed by atoms with Crippen LogP contribution < -0.4 is 19.6 Å². The molecule has 3 aromatic carbocycles. The summed E-state index contributed by atoms with van der Waals surface area (Å²) in [4.78, 5) is 16.6. The van der Waals surface area contributed by atoms with Crippen molar-refractivity contribution in [1.29, 1.82) is 0 Å². The summed E-state index contributed by atoms with van der Waals surface area (Å²) in [6, 6.07) is 26.1. The minimum atomic E-state index is -1.07. The van der Waals surface area contributed by atoms with E-state index in [9.17, 15) is 0 Å². The van der Waals surface area contributed by atoms with Crippen LogP contribution in [0.2, 0.25) is 0 Å². The molecule has 45 heavy (non-hydrogen) atoms. The molecular formula is C34H29N8PPt2. The number of anilines is 4. The number of rotatable bonds is 5. The average molecular weight is 971 g/mol. The van der Waals surface area contributed by atoms with Gasteiger partial charge in [-0.15, -0.1) is 33.7 Å². The molecule has 0 spiro atoms. The fourth-order valence-electron chi connectivity index (χ4n) is 5.60. The molecule has 0 saturated heterocycles. The fourth-order valence-corrected chi connectivity index (χ4v) is 8.05. The van der Waals surface area contributed by atoms with Crippen molar-refractivity contribution in [3.63, 3.8) is 0 Å². The van der Waals surface area contributed by atoms with E-state index in [2.05, 4.69) is 126 Å². The predicted molar refractivity (Wildman–Crippen MR) is 176 cm³/mol. The first-order valence-corrected chi connectivity index (χ1v) is 15.3. The topological polar surface area (TPSA) is 25.9 Å². The van der Waals surface area contributed by atoms with Gasteiger partial charge in [0, 0.05) is 0 Å². The largest absolute Gasteiger partial charge is 4.00 e. The SMILES string of the molecule is CN1C=CN(c2[c-]c3c(cc2)c2ccc(N4C=CN(C)[CH-]4)[c-]c2p3-c2[c-]c(N3C=CN(C)[CH-]3)cc(N3C=CN(C)[CH-]3)[c-]2)[CH-]1.[Pt+4].[Pt+4]. The molecule has 0 radical (unpaired) electrons. The van der Waals surface area contributed by atoms with E-state index < -0.39 is 7.53 Å². The van der Waals surface area contributed by atoms with Gasteiger partial charge in [-0.2, -0.15) is 69.2 Å². The smallest absolute Gasteiger partial charge is 0.520 e. The van der Waals surface area contributed by atoms with Crippen molar-refractivity contribution in [2.45, 2.75) is 0 Å². The molecular weight excluding hydrogens is 942 g/mol. The van der Waals surface area contributed by atoms with Gasteiger partial charge in [0.15, 0.2) is 0 Å². The Balaban J connectivity index is 0.00000179. The minimum Gasteiger partial charge on any atom is -0.520 e. The molecule has 0 bridgehead atoms. The number of fused-ring (bicyclic) bond motifs is 3. The second-order valence-electron chi connectivity index (χ2n) is 11.0. The van der Waals surface area contributed by atoms with E-state index in [-0.39, 0.29) is 42.1 Å². The summed E-state index contributed by atoms with van der Waals surface area (Å²) in [5.74, 6) is 0. The monoisotopic (exact) mass is 970 g/mol. The molecule has 8 nitrogen and oxygen atoms in total. The number of nitrogens with zero attached hydrogens (tertiary/aromatic N) is 8. The van der Waals surface area contributed by atoms with Gasteiger partial charge in [-0.25, -0.2) is 22.7 Å². The zero-order valence-corrected chi connectivity index (χ0v) is 30.4. The molecule has 0 aliphatic carbocycles. The molecule has 4 aliphatic heterocycles. The molecule has 1 aromatic heterocycles. The summed E-state index contributed by atoms with van der Waals surface area (Å²) in [6.45, 7) is 8.25. The second-order valence-corrected chi connectivity index (χ2v) is 13.0. The third-order valence-corrected chi connectivity index (χ3v) is 10.0. The van der Waals surface area contributed by atoms with Crippen molar-refractivity contribution in [2.24, 2.45) is 0 Å². The van der Waals surface area contributed by atoms with Crippen molar-refractivity contribution in [1.82, 2.24) is 19.6 Å². The van der Waals surface area contributed by atoms with Crippen LogP contribution in [-0.2, 0) is 42.1 Å². The third-order valence-electron chi connectivity index (χ3n) is 7.73. The summed E-state index contributed by atoms with van der Waals surface area (Å²) in [6.07, 6.45) is 16.4. The Bertz CT molecular complexity index is 1740. The van der Waals surface area contributed by atoms with Crippen molar-refractivity contribution in [3.8, 4) is 5.30 Å².